The predicted octanol–water partition coefficient (Wildman–Crippen LogP) is 3.54. The molecule has 0 radical (unpaired) electrons. The van der Waals surface area contributed by atoms with E-state index in [1.165, 1.54) is 0 Å². The van der Waals surface area contributed by atoms with Gasteiger partial charge in [0.15, 0.2) is 0 Å². The lowest BCUT2D eigenvalue weighted by Gasteiger charge is -2.12. The summed E-state index contributed by atoms with van der Waals surface area (Å²) < 4.78 is 17.0. The van der Waals surface area contributed by atoms with Gasteiger partial charge in [-0.2, -0.15) is 0 Å². The summed E-state index contributed by atoms with van der Waals surface area (Å²) in [6, 6.07) is 11.1. The van der Waals surface area contributed by atoms with Gasteiger partial charge in [-0.1, -0.05) is 6.07 Å². The minimum absolute atomic E-state index is 0.0984. The molecule has 21 heavy (non-hydrogen) atoms. The molecule has 0 aromatic heterocycles. The highest BCUT2D eigenvalue weighted by molar-refractivity contribution is 9.10. The molecule has 0 spiro atoms. The average molecular weight is 353 g/mol. The van der Waals surface area contributed by atoms with Crippen LogP contribution in [0.5, 0.6) is 17.2 Å². The van der Waals surface area contributed by atoms with Gasteiger partial charge < -0.3 is 19.3 Å². The maximum Gasteiger partial charge on any atom is 0.133 e. The van der Waals surface area contributed by atoms with Gasteiger partial charge in [-0.15, -0.1) is 0 Å². The predicted molar refractivity (Wildman–Crippen MR) is 83.9 cm³/mol. The summed E-state index contributed by atoms with van der Waals surface area (Å²) in [5.41, 5.74) is 1.70. The minimum Gasteiger partial charge on any atom is -0.497 e. The molecule has 0 aliphatic rings. The SMILES string of the molecule is COc1ccc(OCc2ccc(OC)c(Br)c2)c(CO)c1. The van der Waals surface area contributed by atoms with Crippen molar-refractivity contribution in [3.8, 4) is 17.2 Å². The first kappa shape index (κ1) is 15.7. The third-order valence-electron chi connectivity index (χ3n) is 3.05. The van der Waals surface area contributed by atoms with E-state index in [0.717, 1.165) is 15.8 Å². The van der Waals surface area contributed by atoms with Crippen molar-refractivity contribution in [2.24, 2.45) is 0 Å². The topological polar surface area (TPSA) is 47.9 Å². The fraction of sp³-hybridized carbons (Fsp3) is 0.250. The van der Waals surface area contributed by atoms with E-state index >= 15 is 0 Å². The zero-order valence-corrected chi connectivity index (χ0v) is 13.5. The van der Waals surface area contributed by atoms with Crippen molar-refractivity contribution in [2.45, 2.75) is 13.2 Å². The highest BCUT2D eigenvalue weighted by Crippen LogP contribution is 2.28. The zero-order chi connectivity index (χ0) is 15.2. The van der Waals surface area contributed by atoms with E-state index < -0.39 is 0 Å². The smallest absolute Gasteiger partial charge is 0.133 e. The number of ether oxygens (including phenoxy) is 3. The van der Waals surface area contributed by atoms with Crippen LogP contribution in [0.15, 0.2) is 40.9 Å². The summed E-state index contributed by atoms with van der Waals surface area (Å²) in [4.78, 5) is 0. The molecular formula is C16H17BrO4. The van der Waals surface area contributed by atoms with Crippen molar-refractivity contribution >= 4 is 15.9 Å². The Balaban J connectivity index is 2.10. The van der Waals surface area contributed by atoms with Gasteiger partial charge in [0.1, 0.15) is 23.9 Å². The van der Waals surface area contributed by atoms with Crippen LogP contribution in [0.2, 0.25) is 0 Å². The van der Waals surface area contributed by atoms with Crippen molar-refractivity contribution in [3.05, 3.63) is 52.0 Å². The molecule has 0 bridgehead atoms. The van der Waals surface area contributed by atoms with Gasteiger partial charge in [0.2, 0.25) is 0 Å². The highest BCUT2D eigenvalue weighted by Gasteiger charge is 2.07. The monoisotopic (exact) mass is 352 g/mol. The standard InChI is InChI=1S/C16H17BrO4/c1-19-13-4-6-15(12(8-13)9-18)21-10-11-3-5-16(20-2)14(17)7-11/h3-8,18H,9-10H2,1-2H3. The molecule has 5 heteroatoms. The summed E-state index contributed by atoms with van der Waals surface area (Å²) in [5, 5.41) is 9.39. The minimum atomic E-state index is -0.0984. The number of aliphatic hydroxyl groups excluding tert-OH is 1. The third kappa shape index (κ3) is 3.89. The Morgan fingerprint density at radius 2 is 1.76 bits per heavy atom. The first-order valence-electron chi connectivity index (χ1n) is 6.41. The number of methoxy groups -OCH3 is 2. The lowest BCUT2D eigenvalue weighted by atomic mass is 10.2. The van der Waals surface area contributed by atoms with Crippen LogP contribution in [0.1, 0.15) is 11.1 Å². The largest absolute Gasteiger partial charge is 0.497 e. The van der Waals surface area contributed by atoms with Gasteiger partial charge >= 0.3 is 0 Å². The van der Waals surface area contributed by atoms with Gasteiger partial charge in [0.05, 0.1) is 25.3 Å². The lowest BCUT2D eigenvalue weighted by molar-refractivity contribution is 0.258. The fourth-order valence-electron chi connectivity index (χ4n) is 1.91. The highest BCUT2D eigenvalue weighted by atomic mass is 79.9. The molecule has 0 aliphatic heterocycles. The maximum absolute atomic E-state index is 9.39. The molecule has 4 nitrogen and oxygen atoms in total. The van der Waals surface area contributed by atoms with Gasteiger partial charge in [-0.05, 0) is 51.8 Å². The zero-order valence-electron chi connectivity index (χ0n) is 11.9. The normalized spacial score (nSPS) is 10.3. The van der Waals surface area contributed by atoms with Crippen LogP contribution < -0.4 is 14.2 Å². The number of aliphatic hydroxyl groups is 1. The van der Waals surface area contributed by atoms with E-state index in [9.17, 15) is 5.11 Å². The second kappa shape index (κ2) is 7.33. The Morgan fingerprint density at radius 1 is 1.00 bits per heavy atom. The van der Waals surface area contributed by atoms with E-state index in [0.29, 0.717) is 23.7 Å². The summed E-state index contributed by atoms with van der Waals surface area (Å²) in [6.45, 7) is 0.306. The first-order chi connectivity index (χ1) is 10.2. The summed E-state index contributed by atoms with van der Waals surface area (Å²) in [6.07, 6.45) is 0. The molecule has 0 unspecified atom stereocenters. The molecule has 0 heterocycles. The molecule has 0 aliphatic carbocycles. The Labute approximate surface area is 132 Å². The van der Waals surface area contributed by atoms with Gasteiger partial charge in [0.25, 0.3) is 0 Å². The Kier molecular flexibility index (Phi) is 5.47. The van der Waals surface area contributed by atoms with Crippen molar-refractivity contribution in [1.29, 1.82) is 0 Å². The summed E-state index contributed by atoms with van der Waals surface area (Å²) in [7, 11) is 3.22. The van der Waals surface area contributed by atoms with Crippen LogP contribution in [0.3, 0.4) is 0 Å². The van der Waals surface area contributed by atoms with Gasteiger partial charge in [-0.25, -0.2) is 0 Å². The molecule has 2 aromatic rings. The number of hydrogen-bond donors (Lipinski definition) is 1. The number of hydrogen-bond acceptors (Lipinski definition) is 4. The molecule has 2 rings (SSSR count). The quantitative estimate of drug-likeness (QED) is 0.863. The van der Waals surface area contributed by atoms with Crippen molar-refractivity contribution in [1.82, 2.24) is 0 Å². The van der Waals surface area contributed by atoms with E-state index in [4.69, 9.17) is 14.2 Å². The van der Waals surface area contributed by atoms with E-state index in [1.807, 2.05) is 18.2 Å². The summed E-state index contributed by atoms with van der Waals surface area (Å²) >= 11 is 3.44. The molecule has 0 fully saturated rings. The molecule has 112 valence electrons. The second-order valence-electron chi connectivity index (χ2n) is 4.39. The first-order valence-corrected chi connectivity index (χ1v) is 7.20. The molecule has 0 atom stereocenters. The molecular weight excluding hydrogens is 336 g/mol. The van der Waals surface area contributed by atoms with Crippen molar-refractivity contribution in [2.75, 3.05) is 14.2 Å². The van der Waals surface area contributed by atoms with Crippen LogP contribution in [0.25, 0.3) is 0 Å². The number of benzene rings is 2. The molecule has 0 saturated carbocycles. The van der Waals surface area contributed by atoms with Crippen LogP contribution >= 0.6 is 15.9 Å². The molecule has 2 aromatic carbocycles. The van der Waals surface area contributed by atoms with E-state index in [1.54, 1.807) is 32.4 Å². The van der Waals surface area contributed by atoms with Crippen LogP contribution in [0, 0.1) is 0 Å². The van der Waals surface area contributed by atoms with Crippen LogP contribution in [-0.4, -0.2) is 19.3 Å². The number of halogens is 1. The van der Waals surface area contributed by atoms with E-state index in [-0.39, 0.29) is 6.61 Å². The number of rotatable bonds is 6. The van der Waals surface area contributed by atoms with Gasteiger partial charge in [-0.3, -0.25) is 0 Å². The van der Waals surface area contributed by atoms with Gasteiger partial charge in [0, 0.05) is 5.56 Å². The Bertz CT molecular complexity index is 613. The fourth-order valence-corrected chi connectivity index (χ4v) is 2.50. The Morgan fingerprint density at radius 3 is 2.38 bits per heavy atom. The molecule has 1 N–H and O–H groups in total. The Hall–Kier alpha value is -1.72. The maximum atomic E-state index is 9.39. The third-order valence-corrected chi connectivity index (χ3v) is 3.67. The van der Waals surface area contributed by atoms with E-state index in [2.05, 4.69) is 15.9 Å². The molecule has 0 saturated heterocycles. The van der Waals surface area contributed by atoms with Crippen LogP contribution in [0.4, 0.5) is 0 Å². The second-order valence-corrected chi connectivity index (χ2v) is 5.24. The average Bonchev–Trinajstić information content (AvgIpc) is 2.52. The van der Waals surface area contributed by atoms with Crippen molar-refractivity contribution in [3.63, 3.8) is 0 Å². The molecule has 0 amide bonds. The van der Waals surface area contributed by atoms with Crippen molar-refractivity contribution < 1.29 is 19.3 Å². The summed E-state index contributed by atoms with van der Waals surface area (Å²) in [5.74, 6) is 2.11. The van der Waals surface area contributed by atoms with Crippen LogP contribution in [-0.2, 0) is 13.2 Å². The lowest BCUT2D eigenvalue weighted by Crippen LogP contribution is -2.00.